The lowest BCUT2D eigenvalue weighted by Crippen LogP contribution is -2.01. The summed E-state index contributed by atoms with van der Waals surface area (Å²) in [5.74, 6) is 0. The second-order valence-corrected chi connectivity index (χ2v) is 4.20. The van der Waals surface area contributed by atoms with Crippen LogP contribution in [-0.2, 0) is 0 Å². The van der Waals surface area contributed by atoms with Crippen molar-refractivity contribution in [2.24, 2.45) is 10.7 Å². The number of nitrogens with zero attached hydrogens (tertiary/aromatic N) is 1. The zero-order valence-corrected chi connectivity index (χ0v) is 10.9. The molecule has 0 fully saturated rings. The molecular formula is C16H17N3. The molecule has 4 N–H and O–H groups in total. The van der Waals surface area contributed by atoms with E-state index < -0.39 is 0 Å². The molecule has 0 aliphatic rings. The molecule has 0 atom stereocenters. The van der Waals surface area contributed by atoms with Crippen molar-refractivity contribution in [3.8, 4) is 11.1 Å². The molecule has 2 rings (SSSR count). The fourth-order valence-corrected chi connectivity index (χ4v) is 1.86. The largest absolute Gasteiger partial charge is 0.398 e. The van der Waals surface area contributed by atoms with Gasteiger partial charge in [0.15, 0.2) is 0 Å². The van der Waals surface area contributed by atoms with Crippen LogP contribution in [0, 0.1) is 0 Å². The van der Waals surface area contributed by atoms with Crippen molar-refractivity contribution in [1.29, 1.82) is 0 Å². The molecule has 0 aliphatic heterocycles. The first-order valence-corrected chi connectivity index (χ1v) is 6.05. The van der Waals surface area contributed by atoms with Gasteiger partial charge >= 0.3 is 0 Å². The van der Waals surface area contributed by atoms with E-state index in [0.29, 0.717) is 11.4 Å². The van der Waals surface area contributed by atoms with Crippen LogP contribution in [0.1, 0.15) is 5.56 Å². The highest BCUT2D eigenvalue weighted by Gasteiger charge is 2.05. The third-order valence-corrected chi connectivity index (χ3v) is 2.87. The van der Waals surface area contributed by atoms with Crippen molar-refractivity contribution < 1.29 is 0 Å². The van der Waals surface area contributed by atoms with Gasteiger partial charge in [-0.05, 0) is 29.3 Å². The van der Waals surface area contributed by atoms with Crippen LogP contribution in [-0.4, -0.2) is 13.3 Å². The molecule has 3 nitrogen and oxygen atoms in total. The fourth-order valence-electron chi connectivity index (χ4n) is 1.86. The number of benzene rings is 2. The number of hydrogen-bond acceptors (Lipinski definition) is 3. The molecule has 3 heteroatoms. The van der Waals surface area contributed by atoms with Gasteiger partial charge in [-0.1, -0.05) is 36.4 Å². The molecule has 0 bridgehead atoms. The molecule has 0 amide bonds. The number of allylic oxidation sites excluding steroid dienone is 1. The Labute approximate surface area is 113 Å². The number of hydrogen-bond donors (Lipinski definition) is 2. The molecule has 0 aromatic heterocycles. The van der Waals surface area contributed by atoms with E-state index in [-0.39, 0.29) is 0 Å². The van der Waals surface area contributed by atoms with Crippen molar-refractivity contribution in [3.05, 3.63) is 60.2 Å². The van der Waals surface area contributed by atoms with Gasteiger partial charge in [-0.15, -0.1) is 0 Å². The van der Waals surface area contributed by atoms with E-state index in [0.717, 1.165) is 16.7 Å². The summed E-state index contributed by atoms with van der Waals surface area (Å²) in [7, 11) is 1.70. The number of aliphatic imine (C=N–C) groups is 1. The third kappa shape index (κ3) is 3.01. The Hall–Kier alpha value is -2.55. The number of anilines is 1. The van der Waals surface area contributed by atoms with Crippen molar-refractivity contribution in [2.45, 2.75) is 0 Å². The van der Waals surface area contributed by atoms with Crippen LogP contribution < -0.4 is 11.5 Å². The first kappa shape index (κ1) is 12.9. The van der Waals surface area contributed by atoms with Crippen molar-refractivity contribution in [2.75, 3.05) is 12.8 Å². The Balaban J connectivity index is 2.46. The lowest BCUT2D eigenvalue weighted by Gasteiger charge is -2.09. The Kier molecular flexibility index (Phi) is 3.98. The zero-order chi connectivity index (χ0) is 13.7. The van der Waals surface area contributed by atoms with Gasteiger partial charge < -0.3 is 11.5 Å². The average Bonchev–Trinajstić information content (AvgIpc) is 2.46. The van der Waals surface area contributed by atoms with E-state index >= 15 is 0 Å². The zero-order valence-electron chi connectivity index (χ0n) is 10.9. The minimum Gasteiger partial charge on any atom is -0.398 e. The molecule has 0 unspecified atom stereocenters. The Bertz CT molecular complexity index is 613. The van der Waals surface area contributed by atoms with Gasteiger partial charge in [-0.2, -0.15) is 0 Å². The standard InChI is InChI=1S/C16H17N3/c1-19-10-9-16(18)14-11-13(7-8-15(14)17)12-5-3-2-4-6-12/h2-11H,17-18H2,1H3. The molecule has 96 valence electrons. The maximum atomic E-state index is 6.02. The van der Waals surface area contributed by atoms with Gasteiger partial charge in [-0.25, -0.2) is 0 Å². The normalized spacial score (nSPS) is 11.9. The van der Waals surface area contributed by atoms with Crippen LogP contribution in [0.4, 0.5) is 5.69 Å². The first-order chi connectivity index (χ1) is 9.22. The molecule has 0 saturated heterocycles. The van der Waals surface area contributed by atoms with Gasteiger partial charge in [0, 0.05) is 30.2 Å². The number of nitrogens with two attached hydrogens (primary N) is 2. The summed E-state index contributed by atoms with van der Waals surface area (Å²) in [6.07, 6.45) is 3.41. The molecule has 0 radical (unpaired) electrons. The maximum absolute atomic E-state index is 6.02. The van der Waals surface area contributed by atoms with Crippen LogP contribution in [0.15, 0.2) is 59.6 Å². The summed E-state index contributed by atoms with van der Waals surface area (Å²) in [5, 5.41) is 0. The van der Waals surface area contributed by atoms with Crippen LogP contribution in [0.5, 0.6) is 0 Å². The van der Waals surface area contributed by atoms with Gasteiger partial charge in [0.05, 0.1) is 0 Å². The van der Waals surface area contributed by atoms with Gasteiger partial charge in [0.1, 0.15) is 0 Å². The van der Waals surface area contributed by atoms with Gasteiger partial charge in [0.2, 0.25) is 0 Å². The fraction of sp³-hybridized carbons (Fsp3) is 0.0625. The first-order valence-electron chi connectivity index (χ1n) is 6.05. The summed E-state index contributed by atoms with van der Waals surface area (Å²) in [4.78, 5) is 3.89. The van der Waals surface area contributed by atoms with Gasteiger partial charge in [0.25, 0.3) is 0 Å². The van der Waals surface area contributed by atoms with E-state index in [4.69, 9.17) is 11.5 Å². The molecule has 0 heterocycles. The summed E-state index contributed by atoms with van der Waals surface area (Å²) >= 11 is 0. The summed E-state index contributed by atoms with van der Waals surface area (Å²) in [6.45, 7) is 0. The van der Waals surface area contributed by atoms with E-state index in [9.17, 15) is 0 Å². The Morgan fingerprint density at radius 2 is 1.79 bits per heavy atom. The predicted octanol–water partition coefficient (Wildman–Crippen LogP) is 2.94. The molecule has 0 aliphatic carbocycles. The predicted molar refractivity (Wildman–Crippen MR) is 82.9 cm³/mol. The van der Waals surface area contributed by atoms with E-state index in [1.165, 1.54) is 0 Å². The molecule has 2 aromatic carbocycles. The molecular weight excluding hydrogens is 234 g/mol. The SMILES string of the molecule is CN=CC=C(N)c1cc(-c2ccccc2)ccc1N. The minimum absolute atomic E-state index is 0.612. The minimum atomic E-state index is 0.612. The average molecular weight is 251 g/mol. The van der Waals surface area contributed by atoms with Crippen molar-refractivity contribution in [3.63, 3.8) is 0 Å². The third-order valence-electron chi connectivity index (χ3n) is 2.87. The number of nitrogen functional groups attached to an aromatic ring is 1. The maximum Gasteiger partial charge on any atom is 0.0424 e. The van der Waals surface area contributed by atoms with Crippen LogP contribution >= 0.6 is 0 Å². The number of rotatable bonds is 3. The molecule has 19 heavy (non-hydrogen) atoms. The molecule has 0 saturated carbocycles. The monoisotopic (exact) mass is 251 g/mol. The highest BCUT2D eigenvalue weighted by Crippen LogP contribution is 2.26. The van der Waals surface area contributed by atoms with Crippen molar-refractivity contribution in [1.82, 2.24) is 0 Å². The summed E-state index contributed by atoms with van der Waals surface area (Å²) in [5.41, 5.74) is 16.3. The lowest BCUT2D eigenvalue weighted by atomic mass is 10.0. The molecule has 2 aromatic rings. The van der Waals surface area contributed by atoms with E-state index in [1.54, 1.807) is 19.3 Å². The van der Waals surface area contributed by atoms with Crippen molar-refractivity contribution >= 4 is 17.6 Å². The second-order valence-electron chi connectivity index (χ2n) is 4.20. The Morgan fingerprint density at radius 1 is 1.05 bits per heavy atom. The molecule has 0 spiro atoms. The topological polar surface area (TPSA) is 64.4 Å². The lowest BCUT2D eigenvalue weighted by molar-refractivity contribution is 1.47. The van der Waals surface area contributed by atoms with Crippen LogP contribution in [0.2, 0.25) is 0 Å². The van der Waals surface area contributed by atoms with E-state index in [1.807, 2.05) is 36.4 Å². The van der Waals surface area contributed by atoms with Crippen LogP contribution in [0.25, 0.3) is 16.8 Å². The van der Waals surface area contributed by atoms with Gasteiger partial charge in [-0.3, -0.25) is 4.99 Å². The summed E-state index contributed by atoms with van der Waals surface area (Å²) in [6, 6.07) is 16.0. The van der Waals surface area contributed by atoms with E-state index in [2.05, 4.69) is 17.1 Å². The highest BCUT2D eigenvalue weighted by atomic mass is 14.7. The smallest absolute Gasteiger partial charge is 0.0424 e. The van der Waals surface area contributed by atoms with Crippen LogP contribution in [0.3, 0.4) is 0 Å². The summed E-state index contributed by atoms with van der Waals surface area (Å²) < 4.78 is 0. The quantitative estimate of drug-likeness (QED) is 0.650. The highest BCUT2D eigenvalue weighted by molar-refractivity contribution is 5.87. The second kappa shape index (κ2) is 5.87. The Morgan fingerprint density at radius 3 is 2.47 bits per heavy atom.